The SMILES string of the molecule is COc1cc(/C=C(\C#N)C(=O)Nc2ccc(OCc3ccccc3)cc2)ccc1OCc1cccc(C)c1. The van der Waals surface area contributed by atoms with Gasteiger partial charge in [0.2, 0.25) is 0 Å². The van der Waals surface area contributed by atoms with Crippen LogP contribution in [0.3, 0.4) is 0 Å². The van der Waals surface area contributed by atoms with Crippen LogP contribution < -0.4 is 19.5 Å². The van der Waals surface area contributed by atoms with E-state index in [4.69, 9.17) is 14.2 Å². The third-order valence-corrected chi connectivity index (χ3v) is 5.70. The molecular weight excluding hydrogens is 476 g/mol. The van der Waals surface area contributed by atoms with Gasteiger partial charge in [-0.05, 0) is 66.1 Å². The number of methoxy groups -OCH3 is 1. The van der Waals surface area contributed by atoms with E-state index in [1.165, 1.54) is 6.08 Å². The summed E-state index contributed by atoms with van der Waals surface area (Å²) in [5.41, 5.74) is 4.44. The van der Waals surface area contributed by atoms with Crippen LogP contribution in [0.1, 0.15) is 22.3 Å². The smallest absolute Gasteiger partial charge is 0.266 e. The van der Waals surface area contributed by atoms with Gasteiger partial charge in [-0.25, -0.2) is 0 Å². The van der Waals surface area contributed by atoms with Crippen molar-refractivity contribution in [2.24, 2.45) is 0 Å². The molecule has 0 spiro atoms. The highest BCUT2D eigenvalue weighted by molar-refractivity contribution is 6.09. The molecule has 0 aromatic heterocycles. The molecule has 38 heavy (non-hydrogen) atoms. The number of hydrogen-bond acceptors (Lipinski definition) is 5. The molecule has 4 rings (SSSR count). The number of ether oxygens (including phenoxy) is 3. The van der Waals surface area contributed by atoms with Crippen LogP contribution in [0.15, 0.2) is 103 Å². The standard InChI is InChI=1S/C32H28N2O4/c1-23-7-6-10-26(17-23)22-38-30-16-11-25(19-31(30)36-2)18-27(20-33)32(35)34-28-12-14-29(15-13-28)37-21-24-8-4-3-5-9-24/h3-19H,21-22H2,1-2H3,(H,34,35)/b27-18+. The van der Waals surface area contributed by atoms with E-state index in [1.807, 2.05) is 61.5 Å². The molecule has 4 aromatic carbocycles. The Morgan fingerprint density at radius 3 is 2.29 bits per heavy atom. The minimum absolute atomic E-state index is 0.0371. The molecule has 0 heterocycles. The van der Waals surface area contributed by atoms with E-state index in [-0.39, 0.29) is 5.57 Å². The Bertz CT molecular complexity index is 1460. The lowest BCUT2D eigenvalue weighted by Crippen LogP contribution is -2.13. The van der Waals surface area contributed by atoms with Crippen LogP contribution in [0.25, 0.3) is 6.08 Å². The predicted molar refractivity (Wildman–Crippen MR) is 148 cm³/mol. The molecule has 0 atom stereocenters. The van der Waals surface area contributed by atoms with Crippen molar-refractivity contribution >= 4 is 17.7 Å². The first-order valence-corrected chi connectivity index (χ1v) is 12.1. The van der Waals surface area contributed by atoms with Crippen molar-refractivity contribution in [3.05, 3.63) is 125 Å². The molecule has 1 amide bonds. The Hall–Kier alpha value is -5.02. The second-order valence-corrected chi connectivity index (χ2v) is 8.61. The van der Waals surface area contributed by atoms with Crippen LogP contribution in [-0.2, 0) is 18.0 Å². The van der Waals surface area contributed by atoms with Crippen LogP contribution in [0, 0.1) is 18.3 Å². The summed E-state index contributed by atoms with van der Waals surface area (Å²) in [5.74, 6) is 1.25. The highest BCUT2D eigenvalue weighted by Gasteiger charge is 2.12. The van der Waals surface area contributed by atoms with Crippen LogP contribution >= 0.6 is 0 Å². The van der Waals surface area contributed by atoms with Gasteiger partial charge in [0.1, 0.15) is 30.6 Å². The first-order valence-electron chi connectivity index (χ1n) is 12.1. The van der Waals surface area contributed by atoms with E-state index < -0.39 is 5.91 Å². The van der Waals surface area contributed by atoms with Gasteiger partial charge in [0, 0.05) is 5.69 Å². The molecular formula is C32H28N2O4. The molecule has 0 radical (unpaired) electrons. The maximum atomic E-state index is 12.8. The van der Waals surface area contributed by atoms with E-state index in [0.717, 1.165) is 16.7 Å². The lowest BCUT2D eigenvalue weighted by molar-refractivity contribution is -0.112. The number of aryl methyl sites for hydroxylation is 1. The Kier molecular flexibility index (Phi) is 8.77. The van der Waals surface area contributed by atoms with E-state index in [2.05, 4.69) is 11.4 Å². The summed E-state index contributed by atoms with van der Waals surface area (Å²) < 4.78 is 17.2. The van der Waals surface area contributed by atoms with Gasteiger partial charge < -0.3 is 19.5 Å². The van der Waals surface area contributed by atoms with E-state index in [0.29, 0.717) is 41.7 Å². The Morgan fingerprint density at radius 1 is 0.842 bits per heavy atom. The third kappa shape index (κ3) is 7.25. The number of carbonyl (C=O) groups excluding carboxylic acids is 1. The summed E-state index contributed by atoms with van der Waals surface area (Å²) in [6.45, 7) is 2.88. The molecule has 190 valence electrons. The molecule has 0 bridgehead atoms. The van der Waals surface area contributed by atoms with Crippen LogP contribution in [0.4, 0.5) is 5.69 Å². The predicted octanol–water partition coefficient (Wildman–Crippen LogP) is 6.71. The number of amides is 1. The summed E-state index contributed by atoms with van der Waals surface area (Å²) in [6, 6.07) is 32.2. The van der Waals surface area contributed by atoms with Gasteiger partial charge in [-0.2, -0.15) is 5.26 Å². The van der Waals surface area contributed by atoms with Crippen LogP contribution in [0.2, 0.25) is 0 Å². The van der Waals surface area contributed by atoms with Crippen molar-refractivity contribution in [3.8, 4) is 23.3 Å². The van der Waals surface area contributed by atoms with Crippen molar-refractivity contribution in [1.29, 1.82) is 5.26 Å². The lowest BCUT2D eigenvalue weighted by atomic mass is 10.1. The normalized spacial score (nSPS) is 10.8. The molecule has 0 unspecified atom stereocenters. The largest absolute Gasteiger partial charge is 0.493 e. The van der Waals surface area contributed by atoms with E-state index in [9.17, 15) is 10.1 Å². The molecule has 6 nitrogen and oxygen atoms in total. The maximum absolute atomic E-state index is 12.8. The van der Waals surface area contributed by atoms with Gasteiger partial charge in [0.15, 0.2) is 11.5 Å². The summed E-state index contributed by atoms with van der Waals surface area (Å²) >= 11 is 0. The summed E-state index contributed by atoms with van der Waals surface area (Å²) in [5, 5.41) is 12.4. The van der Waals surface area contributed by atoms with Gasteiger partial charge in [-0.3, -0.25) is 4.79 Å². The highest BCUT2D eigenvalue weighted by Crippen LogP contribution is 2.30. The van der Waals surface area contributed by atoms with Crippen LogP contribution in [-0.4, -0.2) is 13.0 Å². The minimum atomic E-state index is -0.510. The highest BCUT2D eigenvalue weighted by atomic mass is 16.5. The maximum Gasteiger partial charge on any atom is 0.266 e. The van der Waals surface area contributed by atoms with Crippen molar-refractivity contribution in [2.75, 3.05) is 12.4 Å². The monoisotopic (exact) mass is 504 g/mol. The van der Waals surface area contributed by atoms with Crippen molar-refractivity contribution in [2.45, 2.75) is 20.1 Å². The van der Waals surface area contributed by atoms with Gasteiger partial charge >= 0.3 is 0 Å². The number of anilines is 1. The van der Waals surface area contributed by atoms with Gasteiger partial charge in [0.05, 0.1) is 7.11 Å². The zero-order chi connectivity index (χ0) is 26.7. The molecule has 0 aliphatic carbocycles. The van der Waals surface area contributed by atoms with Crippen LogP contribution in [0.5, 0.6) is 17.2 Å². The fourth-order valence-electron chi connectivity index (χ4n) is 3.75. The van der Waals surface area contributed by atoms with Crippen molar-refractivity contribution in [1.82, 2.24) is 0 Å². The molecule has 0 saturated carbocycles. The lowest BCUT2D eigenvalue weighted by Gasteiger charge is -2.12. The topological polar surface area (TPSA) is 80.6 Å². The number of nitrogens with one attached hydrogen (secondary N) is 1. The molecule has 4 aromatic rings. The molecule has 1 N–H and O–H groups in total. The third-order valence-electron chi connectivity index (χ3n) is 5.70. The Balaban J connectivity index is 1.38. The number of benzene rings is 4. The molecule has 0 aliphatic heterocycles. The molecule has 0 aliphatic rings. The second kappa shape index (κ2) is 12.8. The molecule has 6 heteroatoms. The Morgan fingerprint density at radius 2 is 1.58 bits per heavy atom. The second-order valence-electron chi connectivity index (χ2n) is 8.61. The fraction of sp³-hybridized carbons (Fsp3) is 0.125. The van der Waals surface area contributed by atoms with E-state index in [1.54, 1.807) is 49.6 Å². The number of hydrogen-bond donors (Lipinski definition) is 1. The van der Waals surface area contributed by atoms with Crippen molar-refractivity contribution in [3.63, 3.8) is 0 Å². The van der Waals surface area contributed by atoms with Gasteiger partial charge in [-0.1, -0.05) is 66.2 Å². The van der Waals surface area contributed by atoms with Gasteiger partial charge in [0.25, 0.3) is 5.91 Å². The average molecular weight is 505 g/mol. The number of nitrogens with zero attached hydrogens (tertiary/aromatic N) is 1. The minimum Gasteiger partial charge on any atom is -0.493 e. The first kappa shape index (κ1) is 26.1. The Labute approximate surface area is 222 Å². The molecule has 0 saturated heterocycles. The number of nitriles is 1. The van der Waals surface area contributed by atoms with E-state index >= 15 is 0 Å². The summed E-state index contributed by atoms with van der Waals surface area (Å²) in [4.78, 5) is 12.8. The first-order chi connectivity index (χ1) is 18.5. The zero-order valence-electron chi connectivity index (χ0n) is 21.3. The zero-order valence-corrected chi connectivity index (χ0v) is 21.3. The number of carbonyl (C=O) groups is 1. The fourth-order valence-corrected chi connectivity index (χ4v) is 3.75. The molecule has 0 fully saturated rings. The summed E-state index contributed by atoms with van der Waals surface area (Å²) in [7, 11) is 1.55. The summed E-state index contributed by atoms with van der Waals surface area (Å²) in [6.07, 6.45) is 1.51. The van der Waals surface area contributed by atoms with Gasteiger partial charge in [-0.15, -0.1) is 0 Å². The van der Waals surface area contributed by atoms with Crippen molar-refractivity contribution < 1.29 is 19.0 Å². The number of rotatable bonds is 10. The quantitative estimate of drug-likeness (QED) is 0.192. The average Bonchev–Trinajstić information content (AvgIpc) is 2.95.